The van der Waals surface area contributed by atoms with Gasteiger partial charge in [-0.2, -0.15) is 26.3 Å². The fourth-order valence-electron chi connectivity index (χ4n) is 4.24. The van der Waals surface area contributed by atoms with E-state index in [1.807, 2.05) is 61.8 Å². The van der Waals surface area contributed by atoms with Crippen molar-refractivity contribution in [3.8, 4) is 10.7 Å². The number of carbonyl (C=O) groups is 2. The zero-order chi connectivity index (χ0) is 38.7. The van der Waals surface area contributed by atoms with Crippen molar-refractivity contribution in [2.45, 2.75) is 36.6 Å². The third kappa shape index (κ3) is 12.0. The lowest BCUT2D eigenvalue weighted by atomic mass is 10.2. The highest BCUT2D eigenvalue weighted by Gasteiger charge is 2.39. The van der Waals surface area contributed by atoms with Gasteiger partial charge in [0, 0.05) is 42.4 Å². The molecule has 0 aliphatic rings. The molecule has 0 aliphatic heterocycles. The van der Waals surface area contributed by atoms with Gasteiger partial charge in [-0.1, -0.05) is 24.3 Å². The number of para-hydroxylation sites is 1. The van der Waals surface area contributed by atoms with Crippen molar-refractivity contribution >= 4 is 61.2 Å². The first-order valence-electron chi connectivity index (χ1n) is 14.7. The van der Waals surface area contributed by atoms with Gasteiger partial charge < -0.3 is 19.9 Å². The Labute approximate surface area is 301 Å². The molecule has 21 heteroatoms. The molecule has 0 saturated heterocycles. The van der Waals surface area contributed by atoms with E-state index in [0.29, 0.717) is 23.1 Å². The fraction of sp³-hybridized carbons (Fsp3) is 0.290. The molecule has 0 fully saturated rings. The number of aromatic amines is 1. The van der Waals surface area contributed by atoms with Crippen LogP contribution in [0, 0.1) is 0 Å². The number of anilines is 1. The molecular formula is C31H31F6N5O7S3. The van der Waals surface area contributed by atoms with Crippen LogP contribution in [0.2, 0.25) is 0 Å². The molecule has 0 atom stereocenters. The van der Waals surface area contributed by atoms with Crippen LogP contribution >= 0.6 is 22.7 Å². The van der Waals surface area contributed by atoms with Crippen LogP contribution in [0.5, 0.6) is 0 Å². The molecule has 52 heavy (non-hydrogen) atoms. The lowest BCUT2D eigenvalue weighted by Gasteiger charge is -2.24. The Morgan fingerprint density at radius 2 is 1.62 bits per heavy atom. The zero-order valence-corrected chi connectivity index (χ0v) is 29.6. The Hall–Kier alpha value is -4.57. The molecule has 0 aliphatic carbocycles. The number of aliphatic carboxylic acids is 2. The fourth-order valence-corrected chi connectivity index (χ4v) is 7.77. The van der Waals surface area contributed by atoms with Crippen LogP contribution in [0.3, 0.4) is 0 Å². The summed E-state index contributed by atoms with van der Waals surface area (Å²) in [6.45, 7) is 4.43. The Balaban J connectivity index is 0.000000441. The Morgan fingerprint density at radius 1 is 0.942 bits per heavy atom. The molecule has 3 N–H and O–H groups in total. The van der Waals surface area contributed by atoms with Crippen molar-refractivity contribution in [3.05, 3.63) is 82.9 Å². The van der Waals surface area contributed by atoms with Gasteiger partial charge in [0.1, 0.15) is 9.22 Å². The number of rotatable bonds is 12. The number of benzene rings is 1. The minimum absolute atomic E-state index is 0.214. The largest absolute Gasteiger partial charge is 0.490 e. The molecule has 4 heterocycles. The smallest absolute Gasteiger partial charge is 0.475 e. The summed E-state index contributed by atoms with van der Waals surface area (Å²) in [7, 11) is -1.68. The summed E-state index contributed by atoms with van der Waals surface area (Å²) in [5.74, 6) is -5.51. The van der Waals surface area contributed by atoms with Gasteiger partial charge in [0.15, 0.2) is 0 Å². The van der Waals surface area contributed by atoms with Gasteiger partial charge in [-0.15, -0.1) is 22.7 Å². The molecule has 0 amide bonds. The number of hydrogen-bond donors (Lipinski definition) is 3. The Bertz CT molecular complexity index is 1980. The second kappa shape index (κ2) is 18.3. The van der Waals surface area contributed by atoms with Gasteiger partial charge in [0.2, 0.25) is 0 Å². The number of ether oxygens (including phenoxy) is 1. The summed E-state index contributed by atoms with van der Waals surface area (Å²) >= 11 is 2.83. The number of nitrogens with zero attached hydrogens (tertiary/aromatic N) is 4. The number of H-pyrrole nitrogens is 1. The maximum atomic E-state index is 13.6. The number of thiazole rings is 1. The second-order valence-corrected chi connectivity index (χ2v) is 14.5. The van der Waals surface area contributed by atoms with E-state index in [0.717, 1.165) is 45.3 Å². The summed E-state index contributed by atoms with van der Waals surface area (Å²) in [4.78, 5) is 33.7. The highest BCUT2D eigenvalue weighted by molar-refractivity contribution is 7.94. The van der Waals surface area contributed by atoms with Crippen molar-refractivity contribution in [2.24, 2.45) is 0 Å². The van der Waals surface area contributed by atoms with E-state index in [4.69, 9.17) is 24.5 Å². The van der Waals surface area contributed by atoms with E-state index in [-0.39, 0.29) is 6.54 Å². The molecule has 0 bridgehead atoms. The summed E-state index contributed by atoms with van der Waals surface area (Å²) in [6.07, 6.45) is -6.46. The first-order valence-corrected chi connectivity index (χ1v) is 17.9. The van der Waals surface area contributed by atoms with Crippen LogP contribution in [0.25, 0.3) is 21.6 Å². The van der Waals surface area contributed by atoms with Crippen LogP contribution in [0.4, 0.5) is 32.0 Å². The predicted molar refractivity (Wildman–Crippen MR) is 182 cm³/mol. The summed E-state index contributed by atoms with van der Waals surface area (Å²) < 4.78 is 97.9. The minimum Gasteiger partial charge on any atom is -0.475 e. The van der Waals surface area contributed by atoms with Gasteiger partial charge in [0.05, 0.1) is 35.7 Å². The molecule has 282 valence electrons. The normalized spacial score (nSPS) is 11.8. The quantitative estimate of drug-likeness (QED) is 0.0896. The molecule has 1 aromatic carbocycles. The van der Waals surface area contributed by atoms with Crippen molar-refractivity contribution in [1.29, 1.82) is 0 Å². The van der Waals surface area contributed by atoms with Gasteiger partial charge in [-0.3, -0.25) is 14.2 Å². The number of aromatic nitrogens is 3. The van der Waals surface area contributed by atoms with E-state index in [1.54, 1.807) is 28.8 Å². The van der Waals surface area contributed by atoms with Gasteiger partial charge in [-0.05, 0) is 49.7 Å². The lowest BCUT2D eigenvalue weighted by Crippen LogP contribution is -2.34. The van der Waals surface area contributed by atoms with Gasteiger partial charge in [0.25, 0.3) is 10.0 Å². The highest BCUT2D eigenvalue weighted by Crippen LogP contribution is 2.35. The summed E-state index contributed by atoms with van der Waals surface area (Å²) in [6, 6.07) is 17.0. The summed E-state index contributed by atoms with van der Waals surface area (Å²) in [5.41, 5.74) is 3.22. The van der Waals surface area contributed by atoms with Crippen LogP contribution < -0.4 is 4.31 Å². The number of fused-ring (bicyclic) bond motifs is 1. The van der Waals surface area contributed by atoms with E-state index < -0.39 is 34.3 Å². The average Bonchev–Trinajstić information content (AvgIpc) is 3.85. The number of carboxylic acid groups (broad SMARTS) is 2. The number of carboxylic acids is 2. The first kappa shape index (κ1) is 41.8. The molecule has 5 rings (SSSR count). The topological polar surface area (TPSA) is 166 Å². The zero-order valence-electron chi connectivity index (χ0n) is 27.2. The van der Waals surface area contributed by atoms with Crippen molar-refractivity contribution in [3.63, 3.8) is 0 Å². The van der Waals surface area contributed by atoms with Crippen molar-refractivity contribution < 1.29 is 59.3 Å². The van der Waals surface area contributed by atoms with Crippen LogP contribution in [0.1, 0.15) is 17.5 Å². The average molecular weight is 796 g/mol. The lowest BCUT2D eigenvalue weighted by molar-refractivity contribution is -0.193. The molecule has 0 unspecified atom stereocenters. The van der Waals surface area contributed by atoms with Gasteiger partial charge in [-0.25, -0.2) is 23.0 Å². The number of hydrogen-bond acceptors (Lipinski definition) is 10. The Morgan fingerprint density at radius 3 is 2.17 bits per heavy atom. The molecule has 4 aromatic heterocycles. The number of thiophene rings is 1. The van der Waals surface area contributed by atoms with Crippen LogP contribution in [-0.2, 0) is 37.4 Å². The monoisotopic (exact) mass is 795 g/mol. The molecule has 0 spiro atoms. The van der Waals surface area contributed by atoms with Crippen LogP contribution in [-0.4, -0.2) is 89.6 Å². The number of pyridine rings is 1. The number of sulfonamides is 1. The second-order valence-electron chi connectivity index (χ2n) is 10.4. The van der Waals surface area contributed by atoms with E-state index in [2.05, 4.69) is 26.9 Å². The third-order valence-electron chi connectivity index (χ3n) is 6.44. The number of halogens is 6. The molecule has 12 nitrogen and oxygen atoms in total. The molecule has 0 saturated carbocycles. The van der Waals surface area contributed by atoms with E-state index >= 15 is 0 Å². The summed E-state index contributed by atoms with van der Waals surface area (Å²) in [5, 5.41) is 17.8. The van der Waals surface area contributed by atoms with Crippen molar-refractivity contribution in [2.75, 3.05) is 31.1 Å². The van der Waals surface area contributed by atoms with E-state index in [1.165, 1.54) is 15.6 Å². The van der Waals surface area contributed by atoms with Gasteiger partial charge >= 0.3 is 24.3 Å². The first-order chi connectivity index (χ1) is 24.3. The number of alkyl halides is 6. The molecular weight excluding hydrogens is 765 g/mol. The molecule has 0 radical (unpaired) electrons. The standard InChI is InChI=1S/C27H29N5O3S3.2C2HF3O2/c1-3-35-14-13-32(38(33,34)25-11-7-15-36-25)24-10-6-8-20-16-23(30-26(20)24)27-29-17-22(37-27)19-31(2)18-21-9-4-5-12-28-21;2*3-2(4,5)1(6)7/h4-12,15-17,30H,3,13-14,18-19H2,1-2H3;2*(H,6,7). The predicted octanol–water partition coefficient (Wildman–Crippen LogP) is 6.88. The SMILES string of the molecule is CCOCCN(c1cccc2cc(-c3ncc(CN(C)Cc4ccccn4)s3)[nH]c12)S(=O)(=O)c1cccs1.O=C(O)C(F)(F)F.O=C(O)C(F)(F)F. The van der Waals surface area contributed by atoms with Crippen molar-refractivity contribution in [1.82, 2.24) is 19.9 Å². The van der Waals surface area contributed by atoms with Crippen LogP contribution in [0.15, 0.2) is 76.6 Å². The number of nitrogens with one attached hydrogen (secondary N) is 1. The highest BCUT2D eigenvalue weighted by atomic mass is 32.2. The Kier molecular flexibility index (Phi) is 14.7. The van der Waals surface area contributed by atoms with E-state index in [9.17, 15) is 34.8 Å². The third-order valence-corrected chi connectivity index (χ3v) is 10.6. The minimum atomic E-state index is -5.08. The maximum Gasteiger partial charge on any atom is 0.490 e. The molecule has 5 aromatic rings. The maximum absolute atomic E-state index is 13.6.